The summed E-state index contributed by atoms with van der Waals surface area (Å²) < 4.78 is 5.32. The molecule has 0 saturated carbocycles. The lowest BCUT2D eigenvalue weighted by molar-refractivity contribution is 0.0626. The maximum atomic E-state index is 10.7. The summed E-state index contributed by atoms with van der Waals surface area (Å²) in [6, 6.07) is 0. The molecular weight excluding hydrogens is 212 g/mol. The summed E-state index contributed by atoms with van der Waals surface area (Å²) in [4.78, 5) is 14.8. The maximum Gasteiger partial charge on any atom is 0.407 e. The van der Waals surface area contributed by atoms with Crippen molar-refractivity contribution in [3.05, 3.63) is 10.4 Å². The molecule has 0 aromatic rings. The molecule has 1 aliphatic rings. The van der Waals surface area contributed by atoms with Crippen molar-refractivity contribution >= 4 is 6.09 Å². The van der Waals surface area contributed by atoms with Crippen molar-refractivity contribution in [3.8, 4) is 0 Å². The number of nitrogens with zero attached hydrogens (tertiary/aromatic N) is 4. The molecule has 1 rings (SSSR count). The Hall–Kier alpha value is -1.46. The molecule has 1 fully saturated rings. The third-order valence-electron chi connectivity index (χ3n) is 2.54. The summed E-state index contributed by atoms with van der Waals surface area (Å²) in [6.45, 7) is 2.41. The summed E-state index contributed by atoms with van der Waals surface area (Å²) in [7, 11) is 0. The lowest BCUT2D eigenvalue weighted by Gasteiger charge is -2.30. The molecule has 16 heavy (non-hydrogen) atoms. The van der Waals surface area contributed by atoms with Gasteiger partial charge < -0.3 is 14.7 Å². The zero-order valence-corrected chi connectivity index (χ0v) is 9.08. The van der Waals surface area contributed by atoms with Gasteiger partial charge in [0.15, 0.2) is 0 Å². The van der Waals surface area contributed by atoms with E-state index in [1.165, 1.54) is 4.90 Å². The quantitative estimate of drug-likeness (QED) is 0.335. The third kappa shape index (κ3) is 4.37. The molecule has 7 heteroatoms. The van der Waals surface area contributed by atoms with Crippen molar-refractivity contribution in [2.45, 2.75) is 12.8 Å². The first kappa shape index (κ1) is 12.6. The highest BCUT2D eigenvalue weighted by Gasteiger charge is 2.22. The van der Waals surface area contributed by atoms with Crippen LogP contribution < -0.4 is 0 Å². The van der Waals surface area contributed by atoms with Crippen LogP contribution >= 0.6 is 0 Å². The molecule has 1 heterocycles. The average Bonchev–Trinajstić information content (AvgIpc) is 2.29. The number of hydrogen-bond donors (Lipinski definition) is 1. The van der Waals surface area contributed by atoms with Crippen molar-refractivity contribution in [2.75, 3.05) is 32.8 Å². The molecule has 90 valence electrons. The molecule has 0 spiro atoms. The van der Waals surface area contributed by atoms with Crippen LogP contribution in [0.15, 0.2) is 5.11 Å². The molecule has 1 unspecified atom stereocenters. The molecule has 0 bridgehead atoms. The lowest BCUT2D eigenvalue weighted by Crippen LogP contribution is -2.40. The highest BCUT2D eigenvalue weighted by atomic mass is 16.5. The van der Waals surface area contributed by atoms with E-state index in [1.807, 2.05) is 0 Å². The minimum absolute atomic E-state index is 0.260. The smallest absolute Gasteiger partial charge is 0.407 e. The minimum atomic E-state index is -0.862. The van der Waals surface area contributed by atoms with Crippen molar-refractivity contribution in [1.29, 1.82) is 0 Å². The van der Waals surface area contributed by atoms with Gasteiger partial charge >= 0.3 is 6.09 Å². The molecule has 0 aromatic heterocycles. The summed E-state index contributed by atoms with van der Waals surface area (Å²) in [5.74, 6) is 0.260. The van der Waals surface area contributed by atoms with Crippen LogP contribution in [0, 0.1) is 5.92 Å². The van der Waals surface area contributed by atoms with Crippen LogP contribution in [-0.2, 0) is 4.74 Å². The standard InChI is InChI=1S/C9H16N4O3/c10-12-11-3-5-16-7-8-2-1-4-13(6-8)9(14)15/h8H,1-7H2,(H,14,15). The molecule has 0 aliphatic carbocycles. The first-order valence-electron chi connectivity index (χ1n) is 5.30. The number of azide groups is 1. The number of piperidine rings is 1. The van der Waals surface area contributed by atoms with Crippen molar-refractivity contribution in [1.82, 2.24) is 4.90 Å². The van der Waals surface area contributed by atoms with Crippen LogP contribution in [0.4, 0.5) is 4.79 Å². The third-order valence-corrected chi connectivity index (χ3v) is 2.54. The number of carbonyl (C=O) groups is 1. The Balaban J connectivity index is 2.16. The van der Waals surface area contributed by atoms with E-state index < -0.39 is 6.09 Å². The van der Waals surface area contributed by atoms with Gasteiger partial charge in [-0.3, -0.25) is 0 Å². The Morgan fingerprint density at radius 3 is 3.19 bits per heavy atom. The molecule has 1 N–H and O–H groups in total. The summed E-state index contributed by atoms with van der Waals surface area (Å²) >= 11 is 0. The fourth-order valence-electron chi connectivity index (χ4n) is 1.77. The fraction of sp³-hybridized carbons (Fsp3) is 0.889. The zero-order valence-electron chi connectivity index (χ0n) is 9.08. The Morgan fingerprint density at radius 2 is 2.50 bits per heavy atom. The van der Waals surface area contributed by atoms with Gasteiger partial charge in [-0.1, -0.05) is 5.11 Å². The number of amides is 1. The van der Waals surface area contributed by atoms with Gasteiger partial charge in [-0.05, 0) is 18.4 Å². The van der Waals surface area contributed by atoms with E-state index in [4.69, 9.17) is 15.4 Å². The molecular formula is C9H16N4O3. The van der Waals surface area contributed by atoms with E-state index in [-0.39, 0.29) is 5.92 Å². The molecule has 1 aliphatic heterocycles. The van der Waals surface area contributed by atoms with Crippen LogP contribution in [0.25, 0.3) is 10.4 Å². The molecule has 7 nitrogen and oxygen atoms in total. The number of rotatable bonds is 5. The Labute approximate surface area is 93.6 Å². The van der Waals surface area contributed by atoms with Gasteiger partial charge in [0.05, 0.1) is 13.2 Å². The second kappa shape index (κ2) is 6.92. The molecule has 0 aromatic carbocycles. The van der Waals surface area contributed by atoms with E-state index >= 15 is 0 Å². The van der Waals surface area contributed by atoms with Gasteiger partial charge in [-0.15, -0.1) is 0 Å². The molecule has 1 atom stereocenters. The summed E-state index contributed by atoms with van der Waals surface area (Å²) in [5, 5.41) is 12.2. The number of likely N-dealkylation sites (tertiary alicyclic amines) is 1. The minimum Gasteiger partial charge on any atom is -0.465 e. The Bertz CT molecular complexity index is 278. The molecule has 1 amide bonds. The van der Waals surface area contributed by atoms with Gasteiger partial charge in [0, 0.05) is 30.5 Å². The molecule has 0 radical (unpaired) electrons. The number of ether oxygens (including phenoxy) is 1. The number of hydrogen-bond acceptors (Lipinski definition) is 3. The molecule has 1 saturated heterocycles. The van der Waals surface area contributed by atoms with E-state index in [2.05, 4.69) is 10.0 Å². The van der Waals surface area contributed by atoms with Gasteiger partial charge in [0.1, 0.15) is 0 Å². The monoisotopic (exact) mass is 228 g/mol. The highest BCUT2D eigenvalue weighted by Crippen LogP contribution is 2.16. The fourth-order valence-corrected chi connectivity index (χ4v) is 1.77. The van der Waals surface area contributed by atoms with E-state index in [0.29, 0.717) is 32.8 Å². The van der Waals surface area contributed by atoms with Crippen molar-refractivity contribution in [2.24, 2.45) is 11.0 Å². The largest absolute Gasteiger partial charge is 0.465 e. The van der Waals surface area contributed by atoms with E-state index in [1.54, 1.807) is 0 Å². The van der Waals surface area contributed by atoms with Crippen LogP contribution in [-0.4, -0.2) is 48.9 Å². The zero-order chi connectivity index (χ0) is 11.8. The Kier molecular flexibility index (Phi) is 5.45. The Morgan fingerprint density at radius 1 is 1.69 bits per heavy atom. The SMILES string of the molecule is [N-]=[N+]=NCCOCC1CCCN(C(=O)O)C1. The van der Waals surface area contributed by atoms with Gasteiger partial charge in [-0.25, -0.2) is 4.79 Å². The van der Waals surface area contributed by atoms with Crippen LogP contribution in [0.2, 0.25) is 0 Å². The van der Waals surface area contributed by atoms with Gasteiger partial charge in [-0.2, -0.15) is 0 Å². The summed E-state index contributed by atoms with van der Waals surface area (Å²) in [5.41, 5.74) is 8.04. The van der Waals surface area contributed by atoms with Crippen LogP contribution in [0.1, 0.15) is 12.8 Å². The van der Waals surface area contributed by atoms with E-state index in [0.717, 1.165) is 12.8 Å². The van der Waals surface area contributed by atoms with Crippen molar-refractivity contribution < 1.29 is 14.6 Å². The van der Waals surface area contributed by atoms with Gasteiger partial charge in [0.2, 0.25) is 0 Å². The number of carboxylic acid groups (broad SMARTS) is 1. The van der Waals surface area contributed by atoms with Crippen molar-refractivity contribution in [3.63, 3.8) is 0 Å². The predicted molar refractivity (Wildman–Crippen MR) is 57.2 cm³/mol. The van der Waals surface area contributed by atoms with Crippen LogP contribution in [0.3, 0.4) is 0 Å². The highest BCUT2D eigenvalue weighted by molar-refractivity contribution is 5.65. The first-order valence-corrected chi connectivity index (χ1v) is 5.30. The first-order chi connectivity index (χ1) is 7.74. The lowest BCUT2D eigenvalue weighted by atomic mass is 9.99. The topological polar surface area (TPSA) is 98.5 Å². The maximum absolute atomic E-state index is 10.7. The van der Waals surface area contributed by atoms with Gasteiger partial charge in [0.25, 0.3) is 0 Å². The normalized spacial score (nSPS) is 20.2. The predicted octanol–water partition coefficient (Wildman–Crippen LogP) is 1.70. The second-order valence-corrected chi connectivity index (χ2v) is 3.77. The average molecular weight is 228 g/mol. The van der Waals surface area contributed by atoms with E-state index in [9.17, 15) is 4.79 Å². The summed E-state index contributed by atoms with van der Waals surface area (Å²) in [6.07, 6.45) is 1.01. The second-order valence-electron chi connectivity index (χ2n) is 3.77. The van der Waals surface area contributed by atoms with Crippen LogP contribution in [0.5, 0.6) is 0 Å².